The van der Waals surface area contributed by atoms with Crippen LogP contribution in [0.2, 0.25) is 0 Å². The average Bonchev–Trinajstić information content (AvgIpc) is 3.05. The number of thioether (sulfide) groups is 1. The van der Waals surface area contributed by atoms with Crippen LogP contribution in [-0.4, -0.2) is 15.2 Å². The Kier molecular flexibility index (Phi) is 3.58. The summed E-state index contributed by atoms with van der Waals surface area (Å²) in [5.41, 5.74) is 3.81. The minimum atomic E-state index is -0.180. The van der Waals surface area contributed by atoms with Gasteiger partial charge in [0.1, 0.15) is 5.76 Å². The number of hydrogen-bond donors (Lipinski definition) is 1. The van der Waals surface area contributed by atoms with Crippen molar-refractivity contribution in [1.29, 1.82) is 0 Å². The van der Waals surface area contributed by atoms with Gasteiger partial charge in [-0.1, -0.05) is 30.0 Å². The van der Waals surface area contributed by atoms with Crippen LogP contribution in [0.4, 0.5) is 5.69 Å². The summed E-state index contributed by atoms with van der Waals surface area (Å²) in [6.07, 6.45) is 3.25. The first-order chi connectivity index (χ1) is 9.74. The Morgan fingerprint density at radius 3 is 2.70 bits per heavy atom. The number of hydrogen-bond acceptors (Lipinski definition) is 5. The van der Waals surface area contributed by atoms with E-state index in [4.69, 9.17) is 16.6 Å². The summed E-state index contributed by atoms with van der Waals surface area (Å²) in [4.78, 5) is 12.8. The van der Waals surface area contributed by atoms with Gasteiger partial charge in [-0.15, -0.1) is 0 Å². The molecule has 3 rings (SSSR count). The molecule has 1 aromatic carbocycles. The van der Waals surface area contributed by atoms with Crippen molar-refractivity contribution in [3.8, 4) is 0 Å². The van der Waals surface area contributed by atoms with Gasteiger partial charge < -0.3 is 4.42 Å². The third kappa shape index (κ3) is 2.61. The lowest BCUT2D eigenvalue weighted by Crippen LogP contribution is -2.33. The lowest BCUT2D eigenvalue weighted by Gasteiger charge is -2.16. The van der Waals surface area contributed by atoms with Crippen LogP contribution in [0.3, 0.4) is 0 Å². The predicted octanol–water partition coefficient (Wildman–Crippen LogP) is 3.51. The summed E-state index contributed by atoms with van der Waals surface area (Å²) >= 11 is 6.47. The van der Waals surface area contributed by atoms with Crippen LogP contribution in [0.5, 0.6) is 0 Å². The van der Waals surface area contributed by atoms with Gasteiger partial charge in [0, 0.05) is 6.08 Å². The average molecular weight is 302 g/mol. The number of carbonyl (C=O) groups is 1. The molecule has 0 radical (unpaired) electrons. The summed E-state index contributed by atoms with van der Waals surface area (Å²) < 4.78 is 5.68. The van der Waals surface area contributed by atoms with E-state index in [-0.39, 0.29) is 5.91 Å². The molecule has 20 heavy (non-hydrogen) atoms. The number of hydrazine groups is 1. The van der Waals surface area contributed by atoms with E-state index < -0.39 is 0 Å². The topological polar surface area (TPSA) is 45.5 Å². The second-order valence-electron chi connectivity index (χ2n) is 4.01. The summed E-state index contributed by atoms with van der Waals surface area (Å²) in [5.74, 6) is 0.450. The third-order valence-electron chi connectivity index (χ3n) is 2.62. The van der Waals surface area contributed by atoms with Gasteiger partial charge >= 0.3 is 0 Å². The third-order valence-corrected chi connectivity index (χ3v) is 3.93. The number of nitrogens with zero attached hydrogens (tertiary/aromatic N) is 1. The molecule has 1 N–H and O–H groups in total. The van der Waals surface area contributed by atoms with Crippen LogP contribution >= 0.6 is 24.0 Å². The Hall–Kier alpha value is -2.05. The van der Waals surface area contributed by atoms with Gasteiger partial charge in [0.25, 0.3) is 5.91 Å². The summed E-state index contributed by atoms with van der Waals surface area (Å²) in [6, 6.07) is 13.0. The van der Waals surface area contributed by atoms with Gasteiger partial charge in [-0.05, 0) is 36.5 Å². The highest BCUT2D eigenvalue weighted by Crippen LogP contribution is 2.32. The maximum absolute atomic E-state index is 12.3. The fraction of sp³-hybridized carbons (Fsp3) is 0. The minimum Gasteiger partial charge on any atom is -0.465 e. The molecule has 2 heterocycles. The molecule has 0 aliphatic carbocycles. The predicted molar refractivity (Wildman–Crippen MR) is 83.8 cm³/mol. The van der Waals surface area contributed by atoms with Crippen LogP contribution in [0, 0.1) is 0 Å². The normalized spacial score (nSPS) is 17.0. The van der Waals surface area contributed by atoms with Crippen LogP contribution in [-0.2, 0) is 4.79 Å². The SMILES string of the molecule is O=C1C(=Cc2ccco2)SC(=S)N1Nc1ccccc1. The first-order valence-electron chi connectivity index (χ1n) is 5.87. The Morgan fingerprint density at radius 1 is 1.20 bits per heavy atom. The first-order valence-corrected chi connectivity index (χ1v) is 7.10. The second kappa shape index (κ2) is 5.52. The highest BCUT2D eigenvalue weighted by Gasteiger charge is 2.32. The van der Waals surface area contributed by atoms with Crippen LogP contribution in [0.25, 0.3) is 6.08 Å². The number of benzene rings is 1. The standard InChI is InChI=1S/C14H10N2O2S2/c17-13-12(9-11-7-4-8-18-11)20-14(19)16(13)15-10-5-2-1-3-6-10/h1-9,15H. The fourth-order valence-electron chi connectivity index (χ4n) is 1.71. The zero-order valence-corrected chi connectivity index (χ0v) is 11.9. The molecule has 1 aliphatic rings. The van der Waals surface area contributed by atoms with E-state index in [2.05, 4.69) is 5.43 Å². The number of para-hydroxylation sites is 1. The maximum Gasteiger partial charge on any atom is 0.285 e. The number of nitrogens with one attached hydrogen (secondary N) is 1. The summed E-state index contributed by atoms with van der Waals surface area (Å²) in [6.45, 7) is 0. The Labute approximate surface area is 125 Å². The van der Waals surface area contributed by atoms with E-state index in [0.717, 1.165) is 5.69 Å². The number of furan rings is 1. The molecule has 0 bridgehead atoms. The minimum absolute atomic E-state index is 0.180. The largest absolute Gasteiger partial charge is 0.465 e. The Balaban J connectivity index is 1.81. The van der Waals surface area contributed by atoms with Crippen molar-refractivity contribution >= 4 is 46.0 Å². The molecule has 1 saturated heterocycles. The fourth-order valence-corrected chi connectivity index (χ4v) is 2.87. The van der Waals surface area contributed by atoms with Crippen LogP contribution in [0.1, 0.15) is 5.76 Å². The molecule has 0 unspecified atom stereocenters. The number of anilines is 1. The summed E-state index contributed by atoms with van der Waals surface area (Å²) in [7, 11) is 0. The first kappa shape index (κ1) is 13.0. The van der Waals surface area contributed by atoms with Gasteiger partial charge in [0.05, 0.1) is 16.9 Å². The van der Waals surface area contributed by atoms with Gasteiger partial charge in [-0.2, -0.15) is 0 Å². The molecule has 1 aliphatic heterocycles. The van der Waals surface area contributed by atoms with Crippen molar-refractivity contribution in [2.75, 3.05) is 5.43 Å². The van der Waals surface area contributed by atoms with E-state index in [9.17, 15) is 4.79 Å². The molecule has 6 heteroatoms. The molecular formula is C14H10N2O2S2. The quantitative estimate of drug-likeness (QED) is 0.694. The zero-order chi connectivity index (χ0) is 13.9. The van der Waals surface area contributed by atoms with Crippen molar-refractivity contribution in [1.82, 2.24) is 5.01 Å². The van der Waals surface area contributed by atoms with E-state index in [0.29, 0.717) is 15.0 Å². The number of carbonyl (C=O) groups excluding carboxylic acids is 1. The number of thiocarbonyl (C=S) groups is 1. The van der Waals surface area contributed by atoms with E-state index in [1.54, 1.807) is 24.5 Å². The molecule has 100 valence electrons. The smallest absolute Gasteiger partial charge is 0.285 e. The molecule has 0 atom stereocenters. The highest BCUT2D eigenvalue weighted by atomic mass is 32.2. The Bertz CT molecular complexity index is 666. The van der Waals surface area contributed by atoms with Gasteiger partial charge in [0.15, 0.2) is 4.32 Å². The van der Waals surface area contributed by atoms with E-state index in [1.807, 2.05) is 30.3 Å². The summed E-state index contributed by atoms with van der Waals surface area (Å²) in [5, 5.41) is 1.37. The molecule has 1 amide bonds. The molecule has 4 nitrogen and oxygen atoms in total. The second-order valence-corrected chi connectivity index (χ2v) is 5.69. The molecule has 0 spiro atoms. The van der Waals surface area contributed by atoms with Crippen molar-refractivity contribution < 1.29 is 9.21 Å². The molecule has 0 saturated carbocycles. The van der Waals surface area contributed by atoms with Crippen molar-refractivity contribution in [2.24, 2.45) is 0 Å². The zero-order valence-electron chi connectivity index (χ0n) is 10.3. The van der Waals surface area contributed by atoms with Gasteiger partial charge in [-0.3, -0.25) is 10.2 Å². The Morgan fingerprint density at radius 2 is 2.00 bits per heavy atom. The monoisotopic (exact) mass is 302 g/mol. The van der Waals surface area contributed by atoms with Crippen molar-refractivity contribution in [2.45, 2.75) is 0 Å². The molecule has 1 aromatic heterocycles. The van der Waals surface area contributed by atoms with Crippen molar-refractivity contribution in [3.63, 3.8) is 0 Å². The highest BCUT2D eigenvalue weighted by molar-refractivity contribution is 8.26. The van der Waals surface area contributed by atoms with Crippen LogP contribution < -0.4 is 5.43 Å². The molecule has 1 fully saturated rings. The molecule has 2 aromatic rings. The van der Waals surface area contributed by atoms with Crippen LogP contribution in [0.15, 0.2) is 58.1 Å². The lowest BCUT2D eigenvalue weighted by molar-refractivity contribution is -0.121. The van der Waals surface area contributed by atoms with E-state index in [1.165, 1.54) is 16.8 Å². The lowest BCUT2D eigenvalue weighted by atomic mass is 10.3. The van der Waals surface area contributed by atoms with Crippen molar-refractivity contribution in [3.05, 3.63) is 59.4 Å². The number of amides is 1. The molecular weight excluding hydrogens is 292 g/mol. The van der Waals surface area contributed by atoms with Gasteiger partial charge in [0.2, 0.25) is 0 Å². The number of rotatable bonds is 3. The van der Waals surface area contributed by atoms with Gasteiger partial charge in [-0.25, -0.2) is 5.01 Å². The van der Waals surface area contributed by atoms with E-state index >= 15 is 0 Å². The maximum atomic E-state index is 12.3.